The Morgan fingerprint density at radius 3 is 2.93 bits per heavy atom. The molecule has 0 aliphatic heterocycles. The monoisotopic (exact) mass is 206 g/mol. The zero-order chi connectivity index (χ0) is 11.0. The molecule has 1 unspecified atom stereocenters. The van der Waals surface area contributed by atoms with Gasteiger partial charge in [0, 0.05) is 25.8 Å². The molecule has 0 aliphatic carbocycles. The third-order valence-corrected chi connectivity index (χ3v) is 2.42. The molecule has 2 heterocycles. The fourth-order valence-electron chi connectivity index (χ4n) is 1.72. The lowest BCUT2D eigenvalue weighted by Crippen LogP contribution is -2.30. The van der Waals surface area contributed by atoms with E-state index in [1.807, 2.05) is 13.0 Å². The zero-order valence-corrected chi connectivity index (χ0v) is 8.84. The van der Waals surface area contributed by atoms with Crippen LogP contribution in [-0.2, 0) is 13.6 Å². The van der Waals surface area contributed by atoms with Gasteiger partial charge in [-0.25, -0.2) is 4.79 Å². The summed E-state index contributed by atoms with van der Waals surface area (Å²) >= 11 is 0. The number of pyridine rings is 1. The first kappa shape index (κ1) is 9.92. The Kier molecular flexibility index (Phi) is 2.32. The molecule has 15 heavy (non-hydrogen) atoms. The summed E-state index contributed by atoms with van der Waals surface area (Å²) in [5.74, 6) is 0. The van der Waals surface area contributed by atoms with Gasteiger partial charge in [-0.2, -0.15) is 0 Å². The lowest BCUT2D eigenvalue weighted by molar-refractivity contribution is 0.577. The molecule has 5 heteroatoms. The van der Waals surface area contributed by atoms with Crippen molar-refractivity contribution in [1.29, 1.82) is 0 Å². The smallest absolute Gasteiger partial charge is 0.326 e. The number of hydrogen-bond acceptors (Lipinski definition) is 3. The van der Waals surface area contributed by atoms with Crippen LogP contribution in [0.4, 0.5) is 0 Å². The van der Waals surface area contributed by atoms with E-state index in [0.717, 1.165) is 11.0 Å². The fourth-order valence-corrected chi connectivity index (χ4v) is 1.72. The normalized spacial score (nSPS) is 13.3. The van der Waals surface area contributed by atoms with Crippen LogP contribution in [0, 0.1) is 0 Å². The number of rotatable bonds is 2. The number of aromatic nitrogens is 3. The molecule has 1 atom stereocenters. The molecule has 2 aromatic heterocycles. The molecular weight excluding hydrogens is 192 g/mol. The summed E-state index contributed by atoms with van der Waals surface area (Å²) in [6, 6.07) is 1.79. The first-order chi connectivity index (χ1) is 7.11. The molecule has 5 nitrogen and oxygen atoms in total. The summed E-state index contributed by atoms with van der Waals surface area (Å²) in [4.78, 5) is 15.9. The van der Waals surface area contributed by atoms with E-state index in [4.69, 9.17) is 5.73 Å². The standard InChI is InChI=1S/C10H14N4O/c1-7(11)6-14-8-3-4-12-5-9(8)13(2)10(14)15/h3-5,7H,6,11H2,1-2H3. The van der Waals surface area contributed by atoms with E-state index in [2.05, 4.69) is 4.98 Å². The van der Waals surface area contributed by atoms with Gasteiger partial charge in [0.1, 0.15) is 0 Å². The molecule has 0 saturated carbocycles. The van der Waals surface area contributed by atoms with E-state index in [1.165, 1.54) is 0 Å². The van der Waals surface area contributed by atoms with Crippen LogP contribution in [0.15, 0.2) is 23.3 Å². The van der Waals surface area contributed by atoms with Crippen LogP contribution in [0.3, 0.4) is 0 Å². The Balaban J connectivity index is 2.72. The van der Waals surface area contributed by atoms with E-state index in [0.29, 0.717) is 6.54 Å². The molecule has 0 radical (unpaired) electrons. The van der Waals surface area contributed by atoms with E-state index < -0.39 is 0 Å². The predicted molar refractivity (Wildman–Crippen MR) is 58.6 cm³/mol. The molecule has 2 N–H and O–H groups in total. The van der Waals surface area contributed by atoms with Crippen molar-refractivity contribution in [2.24, 2.45) is 12.8 Å². The number of aryl methyl sites for hydroxylation is 1. The van der Waals surface area contributed by atoms with E-state index >= 15 is 0 Å². The second-order valence-corrected chi connectivity index (χ2v) is 3.79. The van der Waals surface area contributed by atoms with Crippen molar-refractivity contribution in [3.63, 3.8) is 0 Å². The van der Waals surface area contributed by atoms with Gasteiger partial charge < -0.3 is 5.73 Å². The van der Waals surface area contributed by atoms with Gasteiger partial charge in [-0.1, -0.05) is 0 Å². The Hall–Kier alpha value is -1.62. The maximum atomic E-state index is 11.9. The molecule has 0 fully saturated rings. The van der Waals surface area contributed by atoms with Crippen LogP contribution in [0.1, 0.15) is 6.92 Å². The second kappa shape index (κ2) is 3.51. The zero-order valence-electron chi connectivity index (χ0n) is 8.84. The molecule has 2 aromatic rings. The minimum atomic E-state index is -0.0460. The average Bonchev–Trinajstić information content (AvgIpc) is 2.44. The summed E-state index contributed by atoms with van der Waals surface area (Å²) in [5, 5.41) is 0. The van der Waals surface area contributed by atoms with Crippen LogP contribution in [-0.4, -0.2) is 20.2 Å². The van der Waals surface area contributed by atoms with Crippen molar-refractivity contribution in [2.75, 3.05) is 0 Å². The molecule has 80 valence electrons. The average molecular weight is 206 g/mol. The number of imidazole rings is 1. The highest BCUT2D eigenvalue weighted by molar-refractivity contribution is 5.74. The Bertz CT molecular complexity index is 538. The summed E-state index contributed by atoms with van der Waals surface area (Å²) in [5.41, 5.74) is 7.38. The minimum Gasteiger partial charge on any atom is -0.326 e. The van der Waals surface area contributed by atoms with Crippen LogP contribution in [0.25, 0.3) is 11.0 Å². The Morgan fingerprint density at radius 2 is 2.27 bits per heavy atom. The van der Waals surface area contributed by atoms with Crippen molar-refractivity contribution in [2.45, 2.75) is 19.5 Å². The van der Waals surface area contributed by atoms with Crippen molar-refractivity contribution >= 4 is 11.0 Å². The molecule has 2 rings (SSSR count). The Morgan fingerprint density at radius 1 is 1.53 bits per heavy atom. The van der Waals surface area contributed by atoms with Crippen molar-refractivity contribution < 1.29 is 0 Å². The maximum Gasteiger partial charge on any atom is 0.328 e. The fraction of sp³-hybridized carbons (Fsp3) is 0.400. The van der Waals surface area contributed by atoms with E-state index in [-0.39, 0.29) is 11.7 Å². The lowest BCUT2D eigenvalue weighted by atomic mass is 10.3. The molecule has 0 spiro atoms. The summed E-state index contributed by atoms with van der Waals surface area (Å²) in [7, 11) is 1.74. The Labute approximate surface area is 87.1 Å². The number of fused-ring (bicyclic) bond motifs is 1. The maximum absolute atomic E-state index is 11.9. The van der Waals surface area contributed by atoms with Crippen molar-refractivity contribution in [3.05, 3.63) is 28.9 Å². The summed E-state index contributed by atoms with van der Waals surface area (Å²) < 4.78 is 3.27. The number of nitrogens with two attached hydrogens (primary N) is 1. The first-order valence-electron chi connectivity index (χ1n) is 4.86. The highest BCUT2D eigenvalue weighted by Gasteiger charge is 2.10. The van der Waals surface area contributed by atoms with Crippen LogP contribution in [0.2, 0.25) is 0 Å². The molecular formula is C10H14N4O. The van der Waals surface area contributed by atoms with Crippen LogP contribution >= 0.6 is 0 Å². The summed E-state index contributed by atoms with van der Waals surface area (Å²) in [6.45, 7) is 2.41. The molecule has 0 bridgehead atoms. The van der Waals surface area contributed by atoms with Gasteiger partial charge in [0.2, 0.25) is 0 Å². The minimum absolute atomic E-state index is 0.0403. The van der Waals surface area contributed by atoms with Gasteiger partial charge in [0.25, 0.3) is 0 Å². The highest BCUT2D eigenvalue weighted by Crippen LogP contribution is 2.09. The number of nitrogens with zero attached hydrogens (tertiary/aromatic N) is 3. The van der Waals surface area contributed by atoms with Gasteiger partial charge >= 0.3 is 5.69 Å². The largest absolute Gasteiger partial charge is 0.328 e. The SMILES string of the molecule is CC(N)Cn1c(=O)n(C)c2cnccc21. The van der Waals surface area contributed by atoms with Gasteiger partial charge in [0.05, 0.1) is 17.2 Å². The molecule has 0 aromatic carbocycles. The van der Waals surface area contributed by atoms with Crippen LogP contribution in [0.5, 0.6) is 0 Å². The molecule has 0 saturated heterocycles. The van der Waals surface area contributed by atoms with Crippen molar-refractivity contribution in [1.82, 2.24) is 14.1 Å². The number of hydrogen-bond donors (Lipinski definition) is 1. The van der Waals surface area contributed by atoms with E-state index in [9.17, 15) is 4.79 Å². The summed E-state index contributed by atoms with van der Waals surface area (Å²) in [6.07, 6.45) is 3.37. The second-order valence-electron chi connectivity index (χ2n) is 3.79. The van der Waals surface area contributed by atoms with Gasteiger partial charge in [-0.3, -0.25) is 14.1 Å². The van der Waals surface area contributed by atoms with Crippen LogP contribution < -0.4 is 11.4 Å². The lowest BCUT2D eigenvalue weighted by Gasteiger charge is -2.05. The topological polar surface area (TPSA) is 65.8 Å². The molecule has 0 amide bonds. The van der Waals surface area contributed by atoms with E-state index in [1.54, 1.807) is 28.6 Å². The van der Waals surface area contributed by atoms with Gasteiger partial charge in [-0.15, -0.1) is 0 Å². The van der Waals surface area contributed by atoms with Crippen molar-refractivity contribution in [3.8, 4) is 0 Å². The van der Waals surface area contributed by atoms with Gasteiger partial charge in [-0.05, 0) is 13.0 Å². The predicted octanol–water partition coefficient (Wildman–Crippen LogP) is 0.0822. The molecule has 0 aliphatic rings. The quantitative estimate of drug-likeness (QED) is 0.756. The highest BCUT2D eigenvalue weighted by atomic mass is 16.1. The third-order valence-electron chi connectivity index (χ3n) is 2.42. The van der Waals surface area contributed by atoms with Gasteiger partial charge in [0.15, 0.2) is 0 Å². The first-order valence-corrected chi connectivity index (χ1v) is 4.86. The third kappa shape index (κ3) is 1.55.